The molecular weight excluding hydrogens is 333 g/mol. The molecule has 0 aliphatic carbocycles. The second kappa shape index (κ2) is 10.0. The van der Waals surface area contributed by atoms with Crippen molar-refractivity contribution in [3.05, 3.63) is 59.9 Å². The molecule has 140 valence electrons. The zero-order valence-electron chi connectivity index (χ0n) is 15.6. The fraction of sp³-hybridized carbons (Fsp3) is 0.381. The Morgan fingerprint density at radius 2 is 1.81 bits per heavy atom. The third-order valence-corrected chi connectivity index (χ3v) is 4.09. The van der Waals surface area contributed by atoms with Crippen LogP contribution in [0.15, 0.2) is 48.5 Å². The van der Waals surface area contributed by atoms with E-state index in [2.05, 4.69) is 0 Å². The van der Waals surface area contributed by atoms with Gasteiger partial charge in [0.05, 0.1) is 19.1 Å². The molecule has 0 aliphatic rings. The summed E-state index contributed by atoms with van der Waals surface area (Å²) in [6.45, 7) is 3.67. The number of hydrogen-bond donors (Lipinski definition) is 0. The van der Waals surface area contributed by atoms with E-state index in [4.69, 9.17) is 9.47 Å². The normalized spacial score (nSPS) is 12.2. The number of esters is 1. The summed E-state index contributed by atoms with van der Waals surface area (Å²) in [6.07, 6.45) is 0. The molecule has 0 aliphatic heterocycles. The zero-order chi connectivity index (χ0) is 18.9. The summed E-state index contributed by atoms with van der Waals surface area (Å²) in [7, 11) is 3.93. The van der Waals surface area contributed by atoms with Gasteiger partial charge < -0.3 is 14.4 Å². The highest BCUT2D eigenvalue weighted by Gasteiger charge is 2.18. The van der Waals surface area contributed by atoms with E-state index in [-0.39, 0.29) is 18.4 Å². The Morgan fingerprint density at radius 3 is 2.46 bits per heavy atom. The van der Waals surface area contributed by atoms with Crippen LogP contribution >= 0.6 is 0 Å². The van der Waals surface area contributed by atoms with E-state index in [1.165, 1.54) is 6.07 Å². The maximum Gasteiger partial charge on any atom is 0.313 e. The van der Waals surface area contributed by atoms with Gasteiger partial charge in [-0.1, -0.05) is 42.5 Å². The van der Waals surface area contributed by atoms with Crippen molar-refractivity contribution in [3.8, 4) is 11.1 Å². The van der Waals surface area contributed by atoms with Crippen molar-refractivity contribution < 1.29 is 18.7 Å². The second-order valence-electron chi connectivity index (χ2n) is 6.41. The number of hydrogen-bond acceptors (Lipinski definition) is 4. The Bertz CT molecular complexity index is 704. The zero-order valence-corrected chi connectivity index (χ0v) is 15.6. The molecule has 1 atom stereocenters. The average Bonchev–Trinajstić information content (AvgIpc) is 2.64. The Labute approximate surface area is 154 Å². The first-order valence-electron chi connectivity index (χ1n) is 8.73. The molecule has 2 aromatic rings. The number of halogens is 1. The van der Waals surface area contributed by atoms with Crippen LogP contribution in [0.25, 0.3) is 11.1 Å². The molecule has 0 saturated heterocycles. The molecule has 1 unspecified atom stereocenters. The maximum absolute atomic E-state index is 14.4. The molecule has 26 heavy (non-hydrogen) atoms. The molecule has 5 heteroatoms. The maximum atomic E-state index is 14.4. The van der Waals surface area contributed by atoms with Crippen molar-refractivity contribution in [2.24, 2.45) is 0 Å². The van der Waals surface area contributed by atoms with E-state index in [9.17, 15) is 9.18 Å². The first kappa shape index (κ1) is 20.1. The SMILES string of the molecule is CC(C(=O)OCCOCCN(C)C)c1ccc(-c2ccccc2)c(F)c1. The summed E-state index contributed by atoms with van der Waals surface area (Å²) in [5.74, 6) is -1.26. The molecule has 2 aromatic carbocycles. The van der Waals surface area contributed by atoms with Crippen LogP contribution in [0.3, 0.4) is 0 Å². The molecule has 0 aromatic heterocycles. The molecule has 0 spiro atoms. The minimum Gasteiger partial charge on any atom is -0.463 e. The number of carbonyl (C=O) groups is 1. The predicted molar refractivity (Wildman–Crippen MR) is 101 cm³/mol. The van der Waals surface area contributed by atoms with Gasteiger partial charge in [-0.3, -0.25) is 4.79 Å². The van der Waals surface area contributed by atoms with Gasteiger partial charge in [-0.15, -0.1) is 0 Å². The largest absolute Gasteiger partial charge is 0.463 e. The van der Waals surface area contributed by atoms with Crippen LogP contribution < -0.4 is 0 Å². The van der Waals surface area contributed by atoms with Crippen molar-refractivity contribution in [1.82, 2.24) is 4.90 Å². The third-order valence-electron chi connectivity index (χ3n) is 4.09. The summed E-state index contributed by atoms with van der Waals surface area (Å²) < 4.78 is 25.0. The number of benzene rings is 2. The van der Waals surface area contributed by atoms with Gasteiger partial charge in [-0.05, 0) is 38.2 Å². The lowest BCUT2D eigenvalue weighted by Crippen LogP contribution is -2.20. The van der Waals surface area contributed by atoms with E-state index in [1.54, 1.807) is 19.1 Å². The van der Waals surface area contributed by atoms with Gasteiger partial charge in [0.1, 0.15) is 12.4 Å². The van der Waals surface area contributed by atoms with Gasteiger partial charge in [0, 0.05) is 12.1 Å². The smallest absolute Gasteiger partial charge is 0.313 e. The van der Waals surface area contributed by atoms with Crippen LogP contribution in [0.1, 0.15) is 18.4 Å². The molecule has 0 N–H and O–H groups in total. The molecule has 0 saturated carbocycles. The van der Waals surface area contributed by atoms with E-state index in [1.807, 2.05) is 49.3 Å². The first-order valence-corrected chi connectivity index (χ1v) is 8.73. The van der Waals surface area contributed by atoms with E-state index >= 15 is 0 Å². The van der Waals surface area contributed by atoms with Crippen molar-refractivity contribution in [2.45, 2.75) is 12.8 Å². The van der Waals surface area contributed by atoms with Crippen LogP contribution in [0.5, 0.6) is 0 Å². The van der Waals surface area contributed by atoms with Gasteiger partial charge in [-0.2, -0.15) is 0 Å². The molecule has 4 nitrogen and oxygen atoms in total. The van der Waals surface area contributed by atoms with E-state index in [0.717, 1.165) is 12.1 Å². The van der Waals surface area contributed by atoms with Crippen LogP contribution in [0, 0.1) is 5.82 Å². The molecule has 2 rings (SSSR count). The number of carbonyl (C=O) groups excluding carboxylic acids is 1. The number of nitrogens with zero attached hydrogens (tertiary/aromatic N) is 1. The molecule has 0 amide bonds. The summed E-state index contributed by atoms with van der Waals surface area (Å²) in [5.41, 5.74) is 1.92. The second-order valence-corrected chi connectivity index (χ2v) is 6.41. The number of likely N-dealkylation sites (N-methyl/N-ethyl adjacent to an activating group) is 1. The highest BCUT2D eigenvalue weighted by molar-refractivity contribution is 5.78. The highest BCUT2D eigenvalue weighted by atomic mass is 19.1. The Morgan fingerprint density at radius 1 is 1.08 bits per heavy atom. The average molecular weight is 359 g/mol. The van der Waals surface area contributed by atoms with Crippen molar-refractivity contribution in [1.29, 1.82) is 0 Å². The number of rotatable bonds is 9. The fourth-order valence-electron chi connectivity index (χ4n) is 2.46. The molecule has 0 radical (unpaired) electrons. The van der Waals surface area contributed by atoms with Crippen LogP contribution in [-0.4, -0.2) is 51.3 Å². The summed E-state index contributed by atoms with van der Waals surface area (Å²) >= 11 is 0. The molecular formula is C21H26FNO3. The molecule has 0 fully saturated rings. The standard InChI is InChI=1S/C21H26FNO3/c1-16(21(24)26-14-13-25-12-11-23(2)3)18-9-10-19(20(22)15-18)17-7-5-4-6-8-17/h4-10,15-16H,11-14H2,1-3H3. The predicted octanol–water partition coefficient (Wildman–Crippen LogP) is 3.72. The summed E-state index contributed by atoms with van der Waals surface area (Å²) in [5, 5.41) is 0. The lowest BCUT2D eigenvalue weighted by Gasteiger charge is -2.14. The molecule has 0 heterocycles. The van der Waals surface area contributed by atoms with Gasteiger partial charge >= 0.3 is 5.97 Å². The highest BCUT2D eigenvalue weighted by Crippen LogP contribution is 2.26. The van der Waals surface area contributed by atoms with Gasteiger partial charge in [0.25, 0.3) is 0 Å². The van der Waals surface area contributed by atoms with Crippen molar-refractivity contribution in [2.75, 3.05) is 40.5 Å². The number of ether oxygens (including phenoxy) is 2. The monoisotopic (exact) mass is 359 g/mol. The van der Waals surface area contributed by atoms with Crippen LogP contribution in [-0.2, 0) is 14.3 Å². The lowest BCUT2D eigenvalue weighted by atomic mass is 9.97. The lowest BCUT2D eigenvalue weighted by molar-refractivity contribution is -0.146. The quantitative estimate of drug-likeness (QED) is 0.505. The van der Waals surface area contributed by atoms with Gasteiger partial charge in [0.15, 0.2) is 0 Å². The van der Waals surface area contributed by atoms with Gasteiger partial charge in [-0.25, -0.2) is 4.39 Å². The summed E-state index contributed by atoms with van der Waals surface area (Å²) in [6, 6.07) is 14.2. The van der Waals surface area contributed by atoms with Gasteiger partial charge in [0.2, 0.25) is 0 Å². The van der Waals surface area contributed by atoms with E-state index < -0.39 is 5.92 Å². The Kier molecular flexibility index (Phi) is 7.75. The minimum absolute atomic E-state index is 0.196. The minimum atomic E-state index is -0.531. The fourth-order valence-corrected chi connectivity index (χ4v) is 2.46. The van der Waals surface area contributed by atoms with Crippen molar-refractivity contribution >= 4 is 5.97 Å². The third kappa shape index (κ3) is 5.93. The first-order chi connectivity index (χ1) is 12.5. The van der Waals surface area contributed by atoms with Crippen molar-refractivity contribution in [3.63, 3.8) is 0 Å². The van der Waals surface area contributed by atoms with Crippen LogP contribution in [0.4, 0.5) is 4.39 Å². The Balaban J connectivity index is 1.87. The molecule has 0 bridgehead atoms. The van der Waals surface area contributed by atoms with Crippen LogP contribution in [0.2, 0.25) is 0 Å². The Hall–Kier alpha value is -2.24. The summed E-state index contributed by atoms with van der Waals surface area (Å²) in [4.78, 5) is 14.2. The topological polar surface area (TPSA) is 38.8 Å². The van der Waals surface area contributed by atoms with E-state index in [0.29, 0.717) is 24.3 Å².